The minimum absolute atomic E-state index is 0.0165. The van der Waals surface area contributed by atoms with Gasteiger partial charge in [0.1, 0.15) is 0 Å². The van der Waals surface area contributed by atoms with Crippen LogP contribution in [0.5, 0.6) is 0 Å². The van der Waals surface area contributed by atoms with Gasteiger partial charge in [-0.1, -0.05) is 197 Å². The van der Waals surface area contributed by atoms with Crippen LogP contribution in [0.15, 0.2) is 175 Å². The Morgan fingerprint density at radius 2 is 0.500 bits per heavy atom. The SMILES string of the molecule is CC(C)(C)c1ccc(S(OC(=O)C(F)(F)C(F)(F)C(F)(F)S(=O)(=O)OS(c2ccc(C(C)(C)C)cc2)(c2ccc(C(C)(C)C)cc2)c2ccc(C(C)(C)C)cc2)(c2ccc(C(C)(C)C)cc2)c2ccc(C(C)(C)C)cc2)cc1. The van der Waals surface area contributed by atoms with Crippen molar-refractivity contribution in [3.8, 4) is 0 Å². The van der Waals surface area contributed by atoms with Crippen molar-refractivity contribution in [2.75, 3.05) is 0 Å². The molecule has 0 spiro atoms. The van der Waals surface area contributed by atoms with E-state index in [4.69, 9.17) is 7.81 Å². The van der Waals surface area contributed by atoms with Crippen molar-refractivity contribution in [2.24, 2.45) is 0 Å². The van der Waals surface area contributed by atoms with Gasteiger partial charge < -0.3 is 4.18 Å². The van der Waals surface area contributed by atoms with Crippen LogP contribution >= 0.6 is 20.6 Å². The predicted octanol–water partition coefficient (Wildman–Crippen LogP) is 19.3. The molecule has 5 nitrogen and oxygen atoms in total. The monoisotopic (exact) mass is 1140 g/mol. The maximum Gasteiger partial charge on any atom is 0.439 e. The molecule has 0 atom stereocenters. The predicted molar refractivity (Wildman–Crippen MR) is 307 cm³/mol. The van der Waals surface area contributed by atoms with Crippen LogP contribution in [0.3, 0.4) is 0 Å². The zero-order chi connectivity index (χ0) is 58.9. The van der Waals surface area contributed by atoms with Crippen LogP contribution in [0.4, 0.5) is 26.3 Å². The van der Waals surface area contributed by atoms with Crippen molar-refractivity contribution in [3.05, 3.63) is 179 Å². The number of alkyl halides is 6. The Balaban J connectivity index is 1.59. The smallest absolute Gasteiger partial charge is 0.397 e. The summed E-state index contributed by atoms with van der Waals surface area (Å²) in [5, 5.41) is -6.79. The van der Waals surface area contributed by atoms with Gasteiger partial charge in [-0.3, -0.25) is 0 Å². The van der Waals surface area contributed by atoms with Gasteiger partial charge in [0.15, 0.2) is 0 Å². The number of carbonyl (C=O) groups is 1. The summed E-state index contributed by atoms with van der Waals surface area (Å²) in [6, 6.07) is 38.2. The summed E-state index contributed by atoms with van der Waals surface area (Å²) in [5.41, 5.74) is 1.98. The highest BCUT2D eigenvalue weighted by Gasteiger charge is 2.82. The normalized spacial score (nSPS) is 14.5. The Hall–Kier alpha value is -5.02. The molecule has 0 fully saturated rings. The van der Waals surface area contributed by atoms with Crippen LogP contribution in [0.1, 0.15) is 158 Å². The van der Waals surface area contributed by atoms with Crippen molar-refractivity contribution in [1.82, 2.24) is 0 Å². The lowest BCUT2D eigenvalue weighted by Crippen LogP contribution is -2.61. The second-order valence-electron chi connectivity index (χ2n) is 26.3. The van der Waals surface area contributed by atoms with Gasteiger partial charge in [0, 0.05) is 29.4 Å². The third kappa shape index (κ3) is 11.9. The molecule has 78 heavy (non-hydrogen) atoms. The summed E-state index contributed by atoms with van der Waals surface area (Å²) in [6.45, 7) is 34.8. The topological polar surface area (TPSA) is 69.7 Å². The highest BCUT2D eigenvalue weighted by Crippen LogP contribution is 2.73. The summed E-state index contributed by atoms with van der Waals surface area (Å²) < 4.78 is 145. The molecule has 0 radical (unpaired) electrons. The largest absolute Gasteiger partial charge is 0.439 e. The molecule has 424 valence electrons. The highest BCUT2D eigenvalue weighted by molar-refractivity contribution is 8.33. The molecule has 0 aliphatic rings. The van der Waals surface area contributed by atoms with Crippen LogP contribution in [-0.4, -0.2) is 31.5 Å². The second-order valence-corrected chi connectivity index (χ2v) is 33.5. The molecule has 14 heteroatoms. The molecule has 6 aromatic carbocycles. The maximum atomic E-state index is 17.3. The third-order valence-electron chi connectivity index (χ3n) is 14.0. The van der Waals surface area contributed by atoms with Gasteiger partial charge in [-0.05, 0) is 159 Å². The van der Waals surface area contributed by atoms with E-state index in [0.29, 0.717) is 0 Å². The summed E-state index contributed by atoms with van der Waals surface area (Å²) >= 11 is 0. The number of rotatable bonds is 13. The van der Waals surface area contributed by atoms with Crippen LogP contribution in [-0.2, 0) is 55.2 Å². The molecule has 0 N–H and O–H groups in total. The molecule has 6 rings (SSSR count). The maximum absolute atomic E-state index is 17.3. The summed E-state index contributed by atoms with van der Waals surface area (Å²) in [4.78, 5) is 14.8. The molecule has 0 bridgehead atoms. The molecule has 0 saturated carbocycles. The molecule has 0 amide bonds. The molecule has 0 aliphatic heterocycles. The first-order valence-electron chi connectivity index (χ1n) is 26.0. The zero-order valence-corrected chi connectivity index (χ0v) is 50.8. The number of hydrogen-bond acceptors (Lipinski definition) is 5. The van der Waals surface area contributed by atoms with E-state index in [1.165, 1.54) is 36.4 Å². The van der Waals surface area contributed by atoms with Crippen molar-refractivity contribution >= 4 is 36.7 Å². The molecule has 0 aliphatic carbocycles. The van der Waals surface area contributed by atoms with E-state index in [9.17, 15) is 13.2 Å². The lowest BCUT2D eigenvalue weighted by Gasteiger charge is -2.43. The van der Waals surface area contributed by atoms with Gasteiger partial charge >= 0.3 is 33.2 Å². The van der Waals surface area contributed by atoms with Crippen LogP contribution in [0.2, 0.25) is 0 Å². The molecule has 0 saturated heterocycles. The number of carbonyl (C=O) groups excluding carboxylic acids is 1. The first-order chi connectivity index (χ1) is 35.3. The minimum Gasteiger partial charge on any atom is -0.397 e. The van der Waals surface area contributed by atoms with Gasteiger partial charge in [-0.15, -0.1) is 0 Å². The fourth-order valence-corrected chi connectivity index (χ4v) is 16.9. The van der Waals surface area contributed by atoms with Gasteiger partial charge in [-0.25, -0.2) is 8.42 Å². The Labute approximate surface area is 464 Å². The van der Waals surface area contributed by atoms with Crippen molar-refractivity contribution in [1.29, 1.82) is 0 Å². The lowest BCUT2D eigenvalue weighted by atomic mass is 9.87. The third-order valence-corrected chi connectivity index (χ3v) is 22.5. The summed E-state index contributed by atoms with van der Waals surface area (Å²) in [7, 11) is -15.3. The average molecular weight is 1140 g/mol. The number of halogens is 6. The van der Waals surface area contributed by atoms with E-state index in [1.54, 1.807) is 109 Å². The molecular weight excluding hydrogens is 1060 g/mol. The number of benzene rings is 6. The highest BCUT2D eigenvalue weighted by atomic mass is 32.3. The molecule has 0 heterocycles. The quantitative estimate of drug-likeness (QED) is 0.108. The first-order valence-corrected chi connectivity index (χ1v) is 30.5. The van der Waals surface area contributed by atoms with Gasteiger partial charge in [0.05, 0.1) is 0 Å². The van der Waals surface area contributed by atoms with Crippen molar-refractivity contribution in [2.45, 2.75) is 204 Å². The molecule has 6 aromatic rings. The van der Waals surface area contributed by atoms with Gasteiger partial charge in [-0.2, -0.15) is 34.8 Å². The average Bonchev–Trinajstić information content (AvgIpc) is 3.33. The van der Waals surface area contributed by atoms with Crippen molar-refractivity contribution < 1.29 is 47.4 Å². The lowest BCUT2D eigenvalue weighted by molar-refractivity contribution is -0.275. The Bertz CT molecular complexity index is 2910. The van der Waals surface area contributed by atoms with E-state index in [0.717, 1.165) is 33.4 Å². The molecule has 0 unspecified atom stereocenters. The van der Waals surface area contributed by atoms with E-state index in [1.807, 2.05) is 125 Å². The minimum atomic E-state index is -7.24. The van der Waals surface area contributed by atoms with Crippen LogP contribution in [0, 0.1) is 0 Å². The molecule has 0 aromatic heterocycles. The Morgan fingerprint density at radius 3 is 0.679 bits per heavy atom. The summed E-state index contributed by atoms with van der Waals surface area (Å²) in [6.07, 6.45) is 0. The first kappa shape index (κ1) is 62.2. The molecular formula is C64H78F6O5S3. The Morgan fingerprint density at radius 1 is 0.321 bits per heavy atom. The summed E-state index contributed by atoms with van der Waals surface area (Å²) in [5.74, 6) is -16.6. The van der Waals surface area contributed by atoms with Gasteiger partial charge in [0.25, 0.3) is 0 Å². The van der Waals surface area contributed by atoms with E-state index < -0.39 is 86.3 Å². The Kier molecular flexibility index (Phi) is 16.6. The zero-order valence-electron chi connectivity index (χ0n) is 48.4. The fraction of sp³-hybridized carbons (Fsp3) is 0.422. The van der Waals surface area contributed by atoms with Crippen LogP contribution in [0.25, 0.3) is 0 Å². The van der Waals surface area contributed by atoms with Crippen molar-refractivity contribution in [3.63, 3.8) is 0 Å². The second kappa shape index (κ2) is 20.8. The van der Waals surface area contributed by atoms with Gasteiger partial charge in [0.2, 0.25) is 0 Å². The van der Waals surface area contributed by atoms with Crippen LogP contribution < -0.4 is 0 Å². The fourth-order valence-electron chi connectivity index (χ4n) is 8.77. The van der Waals surface area contributed by atoms with E-state index in [-0.39, 0.29) is 29.4 Å². The van der Waals surface area contributed by atoms with E-state index in [2.05, 4.69) is 0 Å². The number of hydrogen-bond donors (Lipinski definition) is 0. The standard InChI is InChI=1S/C64H78F6O5S3/c1-56(2,3)43-19-31-49(32-20-43)76(50-33-21-44(22-34-50)57(4,5)6,51-35-23-45(24-36-51)58(7,8)9)74-55(71)62(65,66)63(67,68)64(69,70)78(72,73)75-77(52-37-25-46(26-38-52)59(10,11)12,53-39-27-47(28-40-53)60(13,14)15)54-41-29-48(30-42-54)61(16,17)18/h19-42H,1-18H3. The van der Waals surface area contributed by atoms with E-state index >= 15 is 26.3 Å².